The molecule has 3 amide bonds. The summed E-state index contributed by atoms with van der Waals surface area (Å²) in [5.41, 5.74) is 4.25. The molecule has 0 radical (unpaired) electrons. The van der Waals surface area contributed by atoms with Crippen molar-refractivity contribution in [3.05, 3.63) is 59.7 Å². The Balaban J connectivity index is 1.58. The van der Waals surface area contributed by atoms with Gasteiger partial charge in [0.2, 0.25) is 11.8 Å². The Morgan fingerprint density at radius 2 is 1.52 bits per heavy atom. The average molecular weight is 453 g/mol. The van der Waals surface area contributed by atoms with E-state index in [0.717, 1.165) is 22.3 Å². The maximum Gasteiger partial charge on any atom is 0.407 e. The van der Waals surface area contributed by atoms with Crippen LogP contribution in [0.2, 0.25) is 0 Å². The van der Waals surface area contributed by atoms with Crippen LogP contribution in [0.4, 0.5) is 4.79 Å². The number of alkyl carbamates (subject to hydrolysis) is 1. The standard InChI is InChI=1S/C24H27N3O6/c1-2-21(28)25-11-12-26-23(31)20(13-22(29)30)27-24(32)33-14-19-17-9-5-3-7-15(17)16-8-4-6-10-18(16)19/h3-10,19-20H,2,11-14H2,1H3,(H,25,28)(H,26,31)(H,27,32)(H,29,30). The van der Waals surface area contributed by atoms with E-state index in [9.17, 15) is 19.2 Å². The second kappa shape index (κ2) is 11.1. The van der Waals surface area contributed by atoms with Crippen molar-refractivity contribution in [3.8, 4) is 11.1 Å². The highest BCUT2D eigenvalue weighted by molar-refractivity contribution is 5.89. The molecule has 0 aromatic heterocycles. The van der Waals surface area contributed by atoms with E-state index in [2.05, 4.69) is 16.0 Å². The number of carboxylic acids is 1. The maximum atomic E-state index is 12.4. The first kappa shape index (κ1) is 23.8. The van der Waals surface area contributed by atoms with Crippen molar-refractivity contribution in [1.29, 1.82) is 0 Å². The number of benzene rings is 2. The lowest BCUT2D eigenvalue weighted by Gasteiger charge is -2.18. The van der Waals surface area contributed by atoms with Gasteiger partial charge in [0.1, 0.15) is 12.6 Å². The van der Waals surface area contributed by atoms with Gasteiger partial charge in [-0.05, 0) is 22.3 Å². The van der Waals surface area contributed by atoms with E-state index in [4.69, 9.17) is 9.84 Å². The second-order valence-corrected chi connectivity index (χ2v) is 7.61. The van der Waals surface area contributed by atoms with E-state index in [1.807, 2.05) is 48.5 Å². The first-order valence-electron chi connectivity index (χ1n) is 10.8. The van der Waals surface area contributed by atoms with Crippen LogP contribution < -0.4 is 16.0 Å². The molecular formula is C24H27N3O6. The lowest BCUT2D eigenvalue weighted by molar-refractivity contribution is -0.139. The molecule has 1 aliphatic rings. The Morgan fingerprint density at radius 1 is 0.939 bits per heavy atom. The van der Waals surface area contributed by atoms with Crippen LogP contribution in [0.15, 0.2) is 48.5 Å². The fourth-order valence-corrected chi connectivity index (χ4v) is 3.80. The number of amides is 3. The van der Waals surface area contributed by atoms with E-state index in [0.29, 0.717) is 6.42 Å². The molecule has 1 aliphatic carbocycles. The normalized spacial score (nSPS) is 12.8. The van der Waals surface area contributed by atoms with Crippen LogP contribution in [0.1, 0.15) is 36.8 Å². The van der Waals surface area contributed by atoms with Crippen LogP contribution in [-0.2, 0) is 19.1 Å². The largest absolute Gasteiger partial charge is 0.481 e. The predicted molar refractivity (Wildman–Crippen MR) is 121 cm³/mol. The maximum absolute atomic E-state index is 12.4. The predicted octanol–water partition coefficient (Wildman–Crippen LogP) is 2.01. The van der Waals surface area contributed by atoms with Crippen molar-refractivity contribution in [2.45, 2.75) is 31.7 Å². The van der Waals surface area contributed by atoms with Crippen molar-refractivity contribution >= 4 is 23.9 Å². The first-order valence-corrected chi connectivity index (χ1v) is 10.8. The Kier molecular flexibility index (Phi) is 8.01. The zero-order valence-corrected chi connectivity index (χ0v) is 18.3. The van der Waals surface area contributed by atoms with Crippen LogP contribution in [-0.4, -0.2) is 54.7 Å². The third-order valence-electron chi connectivity index (χ3n) is 5.40. The smallest absolute Gasteiger partial charge is 0.407 e. The molecule has 0 saturated heterocycles. The molecule has 174 valence electrons. The van der Waals surface area contributed by atoms with Crippen molar-refractivity contribution in [2.24, 2.45) is 0 Å². The van der Waals surface area contributed by atoms with Crippen molar-refractivity contribution in [3.63, 3.8) is 0 Å². The number of hydrogen-bond acceptors (Lipinski definition) is 5. The summed E-state index contributed by atoms with van der Waals surface area (Å²) in [7, 11) is 0. The van der Waals surface area contributed by atoms with Gasteiger partial charge in [-0.25, -0.2) is 4.79 Å². The lowest BCUT2D eigenvalue weighted by Crippen LogP contribution is -2.49. The summed E-state index contributed by atoms with van der Waals surface area (Å²) in [6, 6.07) is 14.5. The van der Waals surface area contributed by atoms with Crippen LogP contribution in [0.5, 0.6) is 0 Å². The summed E-state index contributed by atoms with van der Waals surface area (Å²) in [6.07, 6.45) is -1.16. The minimum atomic E-state index is -1.31. The molecule has 1 atom stereocenters. The third kappa shape index (κ3) is 6.09. The fourth-order valence-electron chi connectivity index (χ4n) is 3.80. The highest BCUT2D eigenvalue weighted by Gasteiger charge is 2.30. The first-order chi connectivity index (χ1) is 15.9. The fraction of sp³-hybridized carbons (Fsp3) is 0.333. The highest BCUT2D eigenvalue weighted by Crippen LogP contribution is 2.44. The SMILES string of the molecule is CCC(=O)NCCNC(=O)C(CC(=O)O)NC(=O)OCC1c2ccccc2-c2ccccc21. The van der Waals surface area contributed by atoms with Gasteiger partial charge in [-0.15, -0.1) is 0 Å². The molecule has 9 heteroatoms. The van der Waals surface area contributed by atoms with Crippen LogP contribution in [0.25, 0.3) is 11.1 Å². The number of carboxylic acid groups (broad SMARTS) is 1. The summed E-state index contributed by atoms with van der Waals surface area (Å²) in [5.74, 6) is -2.23. The number of rotatable bonds is 10. The zero-order chi connectivity index (χ0) is 23.8. The van der Waals surface area contributed by atoms with Crippen molar-refractivity contribution in [2.75, 3.05) is 19.7 Å². The van der Waals surface area contributed by atoms with E-state index in [1.54, 1.807) is 6.92 Å². The van der Waals surface area contributed by atoms with Gasteiger partial charge in [0.05, 0.1) is 6.42 Å². The van der Waals surface area contributed by atoms with Gasteiger partial charge >= 0.3 is 12.1 Å². The van der Waals surface area contributed by atoms with Crippen LogP contribution in [0.3, 0.4) is 0 Å². The lowest BCUT2D eigenvalue weighted by atomic mass is 9.98. The van der Waals surface area contributed by atoms with Crippen molar-refractivity contribution < 1.29 is 29.0 Å². The monoisotopic (exact) mass is 453 g/mol. The van der Waals surface area contributed by atoms with Gasteiger partial charge in [0.15, 0.2) is 0 Å². The average Bonchev–Trinajstić information content (AvgIpc) is 3.13. The number of fused-ring (bicyclic) bond motifs is 3. The molecule has 4 N–H and O–H groups in total. The van der Waals surface area contributed by atoms with E-state index in [-0.39, 0.29) is 31.5 Å². The number of hydrogen-bond donors (Lipinski definition) is 4. The van der Waals surface area contributed by atoms with Crippen molar-refractivity contribution in [1.82, 2.24) is 16.0 Å². The summed E-state index contributed by atoms with van der Waals surface area (Å²) < 4.78 is 5.39. The number of aliphatic carboxylic acids is 1. The Morgan fingerprint density at radius 3 is 2.09 bits per heavy atom. The zero-order valence-electron chi connectivity index (χ0n) is 18.3. The molecule has 33 heavy (non-hydrogen) atoms. The van der Waals surface area contributed by atoms with Gasteiger partial charge in [0, 0.05) is 25.4 Å². The molecule has 0 bridgehead atoms. The molecule has 3 rings (SSSR count). The van der Waals surface area contributed by atoms with Gasteiger partial charge in [-0.3, -0.25) is 14.4 Å². The topological polar surface area (TPSA) is 134 Å². The molecule has 0 saturated carbocycles. The van der Waals surface area contributed by atoms with Crippen LogP contribution in [0, 0.1) is 0 Å². The summed E-state index contributed by atoms with van der Waals surface area (Å²) in [4.78, 5) is 47.2. The van der Waals surface area contributed by atoms with Gasteiger partial charge in [-0.1, -0.05) is 55.5 Å². The summed E-state index contributed by atoms with van der Waals surface area (Å²) in [6.45, 7) is 2.05. The Labute approximate surface area is 191 Å². The minimum Gasteiger partial charge on any atom is -0.481 e. The molecule has 0 fully saturated rings. The molecule has 0 aliphatic heterocycles. The number of nitrogens with one attached hydrogen (secondary N) is 3. The van der Waals surface area contributed by atoms with Gasteiger partial charge in [-0.2, -0.15) is 0 Å². The Bertz CT molecular complexity index is 993. The summed E-state index contributed by atoms with van der Waals surface area (Å²) >= 11 is 0. The molecule has 0 heterocycles. The highest BCUT2D eigenvalue weighted by atomic mass is 16.5. The Hall–Kier alpha value is -3.88. The number of carbonyl (C=O) groups is 4. The van der Waals surface area contributed by atoms with E-state index >= 15 is 0 Å². The molecule has 2 aromatic carbocycles. The quantitative estimate of drug-likeness (QED) is 0.407. The summed E-state index contributed by atoms with van der Waals surface area (Å²) in [5, 5.41) is 16.6. The van der Waals surface area contributed by atoms with Gasteiger partial charge in [0.25, 0.3) is 0 Å². The number of ether oxygens (including phenoxy) is 1. The molecule has 0 spiro atoms. The molecule has 2 aromatic rings. The van der Waals surface area contributed by atoms with E-state index < -0.39 is 30.4 Å². The van der Waals surface area contributed by atoms with E-state index in [1.165, 1.54) is 0 Å². The molecule has 1 unspecified atom stereocenters. The van der Waals surface area contributed by atoms with Gasteiger partial charge < -0.3 is 25.8 Å². The minimum absolute atomic E-state index is 0.0460. The third-order valence-corrected chi connectivity index (χ3v) is 5.40. The molecule has 9 nitrogen and oxygen atoms in total. The molecular weight excluding hydrogens is 426 g/mol. The second-order valence-electron chi connectivity index (χ2n) is 7.61. The number of carbonyl (C=O) groups excluding carboxylic acids is 3. The van der Waals surface area contributed by atoms with Crippen LogP contribution >= 0.6 is 0 Å².